The van der Waals surface area contributed by atoms with E-state index in [-0.39, 0.29) is 11.9 Å². The molecule has 0 fully saturated rings. The number of aryl methyl sites for hydroxylation is 1. The van der Waals surface area contributed by atoms with Crippen LogP contribution in [0.2, 0.25) is 0 Å². The highest BCUT2D eigenvalue weighted by Crippen LogP contribution is 2.28. The number of aromatic nitrogens is 4. The van der Waals surface area contributed by atoms with Gasteiger partial charge >= 0.3 is 12.3 Å². The lowest BCUT2D eigenvalue weighted by atomic mass is 10.1. The van der Waals surface area contributed by atoms with Crippen LogP contribution in [0, 0.1) is 6.92 Å². The van der Waals surface area contributed by atoms with Gasteiger partial charge in [-0.2, -0.15) is 22.7 Å². The Labute approximate surface area is 182 Å². The van der Waals surface area contributed by atoms with E-state index in [2.05, 4.69) is 20.4 Å². The number of ether oxygens (including phenoxy) is 1. The van der Waals surface area contributed by atoms with Crippen molar-refractivity contribution in [3.63, 3.8) is 0 Å². The molecular weight excluding hydrogens is 425 g/mol. The summed E-state index contributed by atoms with van der Waals surface area (Å²) in [6, 6.07) is 7.44. The summed E-state index contributed by atoms with van der Waals surface area (Å²) in [5.41, 5.74) is 2.90. The third-order valence-corrected chi connectivity index (χ3v) is 4.81. The SMILES string of the molecule is Cc1cc(NCc2ccc3c(c2)CN(C(=O)OC(C)(C)C)C3)n2nc(C(F)(F)F)nc2n1. The minimum absolute atomic E-state index is 0.123. The number of benzene rings is 1. The number of rotatable bonds is 3. The van der Waals surface area contributed by atoms with Crippen molar-refractivity contribution < 1.29 is 22.7 Å². The molecule has 170 valence electrons. The maximum atomic E-state index is 13.0. The van der Waals surface area contributed by atoms with Gasteiger partial charge < -0.3 is 10.1 Å². The first kappa shape index (κ1) is 21.8. The summed E-state index contributed by atoms with van der Waals surface area (Å²) in [5, 5.41) is 6.66. The van der Waals surface area contributed by atoms with Crippen molar-refractivity contribution in [3.8, 4) is 0 Å². The van der Waals surface area contributed by atoms with Crippen LogP contribution in [0.4, 0.5) is 23.8 Å². The molecule has 0 radical (unpaired) electrons. The number of carbonyl (C=O) groups is 1. The van der Waals surface area contributed by atoms with Gasteiger partial charge in [-0.05, 0) is 44.4 Å². The average Bonchev–Trinajstić information content (AvgIpc) is 3.28. The summed E-state index contributed by atoms with van der Waals surface area (Å²) >= 11 is 0. The zero-order valence-corrected chi connectivity index (χ0v) is 18.1. The number of hydrogen-bond acceptors (Lipinski definition) is 6. The fourth-order valence-electron chi connectivity index (χ4n) is 3.44. The van der Waals surface area contributed by atoms with Gasteiger partial charge in [-0.1, -0.05) is 18.2 Å². The normalized spacial score (nSPS) is 14.0. The Morgan fingerprint density at radius 3 is 2.53 bits per heavy atom. The van der Waals surface area contributed by atoms with Crippen molar-refractivity contribution >= 4 is 17.7 Å². The van der Waals surface area contributed by atoms with Gasteiger partial charge in [0.15, 0.2) is 0 Å². The Morgan fingerprint density at radius 1 is 1.12 bits per heavy atom. The van der Waals surface area contributed by atoms with Crippen molar-refractivity contribution in [2.24, 2.45) is 0 Å². The summed E-state index contributed by atoms with van der Waals surface area (Å²) in [4.78, 5) is 21.5. The molecule has 11 heteroatoms. The van der Waals surface area contributed by atoms with Crippen LogP contribution in [0.5, 0.6) is 0 Å². The number of hydrogen-bond donors (Lipinski definition) is 1. The standard InChI is InChI=1S/C21H23F3N6O2/c1-12-7-16(30-18(26-12)27-17(28-30)21(22,23)24)25-9-13-5-6-14-10-29(11-15(14)8-13)19(31)32-20(2,3)4/h5-8,25H,9-11H2,1-4H3. The van der Waals surface area contributed by atoms with Gasteiger partial charge in [-0.15, -0.1) is 5.10 Å². The Morgan fingerprint density at radius 2 is 1.84 bits per heavy atom. The van der Waals surface area contributed by atoms with Crippen molar-refractivity contribution in [2.45, 2.75) is 59.1 Å². The molecule has 1 N–H and O–H groups in total. The zero-order chi connectivity index (χ0) is 23.3. The van der Waals surface area contributed by atoms with Gasteiger partial charge in [0.05, 0.1) is 0 Å². The lowest BCUT2D eigenvalue weighted by Crippen LogP contribution is -2.33. The lowest BCUT2D eigenvalue weighted by Gasteiger charge is -2.24. The van der Waals surface area contributed by atoms with Crippen LogP contribution in [0.1, 0.15) is 49.0 Å². The Bertz CT molecular complexity index is 1180. The number of nitrogens with zero attached hydrogens (tertiary/aromatic N) is 5. The molecule has 3 heterocycles. The smallest absolute Gasteiger partial charge is 0.444 e. The Hall–Kier alpha value is -3.37. The highest BCUT2D eigenvalue weighted by molar-refractivity contribution is 5.69. The summed E-state index contributed by atoms with van der Waals surface area (Å²) in [7, 11) is 0. The van der Waals surface area contributed by atoms with Crippen molar-refractivity contribution in [1.29, 1.82) is 0 Å². The summed E-state index contributed by atoms with van der Waals surface area (Å²) < 4.78 is 45.5. The van der Waals surface area contributed by atoms with E-state index in [0.29, 0.717) is 31.1 Å². The minimum atomic E-state index is -4.65. The molecule has 8 nitrogen and oxygen atoms in total. The van der Waals surface area contributed by atoms with Crippen LogP contribution in [0.3, 0.4) is 0 Å². The maximum absolute atomic E-state index is 13.0. The molecule has 1 aromatic carbocycles. The number of amides is 1. The topological polar surface area (TPSA) is 84.7 Å². The number of alkyl halides is 3. The van der Waals surface area contributed by atoms with E-state index in [0.717, 1.165) is 21.2 Å². The predicted molar refractivity (Wildman–Crippen MR) is 110 cm³/mol. The van der Waals surface area contributed by atoms with E-state index in [4.69, 9.17) is 4.74 Å². The van der Waals surface area contributed by atoms with Gasteiger partial charge in [0.25, 0.3) is 11.6 Å². The molecule has 0 spiro atoms. The van der Waals surface area contributed by atoms with Crippen LogP contribution in [0.25, 0.3) is 5.78 Å². The Balaban J connectivity index is 1.50. The van der Waals surface area contributed by atoms with E-state index < -0.39 is 17.6 Å². The van der Waals surface area contributed by atoms with E-state index in [1.165, 1.54) is 0 Å². The number of fused-ring (bicyclic) bond motifs is 2. The number of nitrogens with one attached hydrogen (secondary N) is 1. The molecule has 32 heavy (non-hydrogen) atoms. The van der Waals surface area contributed by atoms with Crippen molar-refractivity contribution in [3.05, 3.63) is 52.5 Å². The molecule has 0 saturated heterocycles. The molecule has 3 aromatic rings. The fraction of sp³-hybridized carbons (Fsp3) is 0.429. The largest absolute Gasteiger partial charge is 0.453 e. The van der Waals surface area contributed by atoms with Gasteiger partial charge in [0.1, 0.15) is 11.4 Å². The van der Waals surface area contributed by atoms with Crippen LogP contribution in [-0.2, 0) is 30.5 Å². The molecule has 4 rings (SSSR count). The number of anilines is 1. The van der Waals surface area contributed by atoms with Crippen molar-refractivity contribution in [1.82, 2.24) is 24.5 Å². The van der Waals surface area contributed by atoms with E-state index in [1.807, 2.05) is 39.0 Å². The molecule has 1 aliphatic heterocycles. The molecule has 0 saturated carbocycles. The molecule has 0 aliphatic carbocycles. The number of halogens is 3. The van der Waals surface area contributed by atoms with Crippen LogP contribution in [-0.4, -0.2) is 36.2 Å². The Kier molecular flexibility index (Phi) is 5.22. The van der Waals surface area contributed by atoms with Gasteiger partial charge in [-0.25, -0.2) is 9.78 Å². The maximum Gasteiger partial charge on any atom is 0.453 e. The van der Waals surface area contributed by atoms with Crippen LogP contribution < -0.4 is 5.32 Å². The summed E-state index contributed by atoms with van der Waals surface area (Å²) in [6.45, 7) is 8.40. The lowest BCUT2D eigenvalue weighted by molar-refractivity contribution is -0.144. The predicted octanol–water partition coefficient (Wildman–Crippen LogP) is 4.31. The van der Waals surface area contributed by atoms with Gasteiger partial charge in [0, 0.05) is 31.4 Å². The molecule has 2 aromatic heterocycles. The molecule has 0 atom stereocenters. The van der Waals surface area contributed by atoms with Crippen molar-refractivity contribution in [2.75, 3.05) is 5.32 Å². The highest BCUT2D eigenvalue weighted by atomic mass is 19.4. The van der Waals surface area contributed by atoms with Crippen LogP contribution in [0.15, 0.2) is 24.3 Å². The zero-order valence-electron chi connectivity index (χ0n) is 18.1. The molecule has 1 amide bonds. The monoisotopic (exact) mass is 448 g/mol. The van der Waals surface area contributed by atoms with E-state index >= 15 is 0 Å². The second-order valence-corrected chi connectivity index (χ2v) is 8.72. The second kappa shape index (κ2) is 7.64. The molecule has 0 unspecified atom stereocenters. The van der Waals surface area contributed by atoms with Gasteiger partial charge in [-0.3, -0.25) is 4.90 Å². The van der Waals surface area contributed by atoms with E-state index in [9.17, 15) is 18.0 Å². The van der Waals surface area contributed by atoms with Crippen LogP contribution >= 0.6 is 0 Å². The quantitative estimate of drug-likeness (QED) is 0.643. The third-order valence-electron chi connectivity index (χ3n) is 4.81. The highest BCUT2D eigenvalue weighted by Gasteiger charge is 2.37. The number of carbonyl (C=O) groups excluding carboxylic acids is 1. The summed E-state index contributed by atoms with van der Waals surface area (Å²) in [5.74, 6) is -1.01. The van der Waals surface area contributed by atoms with E-state index in [1.54, 1.807) is 17.9 Å². The fourth-order valence-corrected chi connectivity index (χ4v) is 3.44. The third kappa shape index (κ3) is 4.61. The first-order valence-electron chi connectivity index (χ1n) is 10.0. The minimum Gasteiger partial charge on any atom is -0.444 e. The second-order valence-electron chi connectivity index (χ2n) is 8.72. The molecule has 0 bridgehead atoms. The molecular formula is C21H23F3N6O2. The van der Waals surface area contributed by atoms with Gasteiger partial charge in [0.2, 0.25) is 0 Å². The molecule has 1 aliphatic rings. The average molecular weight is 448 g/mol. The first-order chi connectivity index (χ1) is 14.9. The summed E-state index contributed by atoms with van der Waals surface area (Å²) in [6.07, 6.45) is -5.02. The first-order valence-corrected chi connectivity index (χ1v) is 10.0.